The van der Waals surface area contributed by atoms with Crippen LogP contribution in [0.3, 0.4) is 0 Å². The first-order chi connectivity index (χ1) is 15.4. The monoisotopic (exact) mass is 449 g/mol. The molecule has 1 aromatic heterocycles. The van der Waals surface area contributed by atoms with Gasteiger partial charge in [-0.2, -0.15) is 5.26 Å². The zero-order valence-corrected chi connectivity index (χ0v) is 18.1. The fraction of sp³-hybridized carbons (Fsp3) is 0.217. The summed E-state index contributed by atoms with van der Waals surface area (Å²) in [6.45, 7) is 3.99. The first kappa shape index (κ1) is 21.4. The summed E-state index contributed by atoms with van der Waals surface area (Å²) in [5.74, 6) is -0.214. The Labute approximate surface area is 190 Å². The number of nitrogens with zero attached hydrogens (tertiary/aromatic N) is 5. The first-order valence-electron chi connectivity index (χ1n) is 10.1. The molecule has 8 nitrogen and oxygen atoms in total. The van der Waals surface area contributed by atoms with Gasteiger partial charge in [0.2, 0.25) is 0 Å². The van der Waals surface area contributed by atoms with Crippen molar-refractivity contribution in [3.8, 4) is 11.8 Å². The molecule has 0 N–H and O–H groups in total. The predicted molar refractivity (Wildman–Crippen MR) is 121 cm³/mol. The Hall–Kier alpha value is -3.83. The number of nitro benzene ring substituents is 1. The fourth-order valence-electron chi connectivity index (χ4n) is 3.90. The van der Waals surface area contributed by atoms with Crippen LogP contribution < -0.4 is 4.90 Å². The molecule has 4 rings (SSSR count). The highest BCUT2D eigenvalue weighted by Crippen LogP contribution is 2.27. The van der Waals surface area contributed by atoms with Gasteiger partial charge >= 0.3 is 0 Å². The lowest BCUT2D eigenvalue weighted by Crippen LogP contribution is -2.49. The number of anilines is 1. The van der Waals surface area contributed by atoms with Crippen molar-refractivity contribution in [2.45, 2.75) is 6.92 Å². The van der Waals surface area contributed by atoms with Gasteiger partial charge in [0, 0.05) is 55.2 Å². The van der Waals surface area contributed by atoms with E-state index in [1.807, 2.05) is 19.1 Å². The zero-order valence-electron chi connectivity index (χ0n) is 17.4. The maximum absolute atomic E-state index is 13.4. The minimum absolute atomic E-state index is 0.0451. The maximum atomic E-state index is 13.4. The second kappa shape index (κ2) is 8.73. The average molecular weight is 450 g/mol. The third-order valence-electron chi connectivity index (χ3n) is 5.70. The molecule has 0 saturated carbocycles. The molecule has 0 atom stereocenters. The Morgan fingerprint density at radius 3 is 2.41 bits per heavy atom. The van der Waals surface area contributed by atoms with Crippen LogP contribution in [0.1, 0.15) is 21.6 Å². The van der Waals surface area contributed by atoms with Crippen molar-refractivity contribution < 1.29 is 9.72 Å². The van der Waals surface area contributed by atoms with Crippen LogP contribution >= 0.6 is 11.6 Å². The molecule has 1 amide bonds. The highest BCUT2D eigenvalue weighted by molar-refractivity contribution is 6.31. The maximum Gasteiger partial charge on any atom is 0.272 e. The number of rotatable bonds is 4. The van der Waals surface area contributed by atoms with Crippen molar-refractivity contribution in [3.05, 3.63) is 86.7 Å². The van der Waals surface area contributed by atoms with Crippen molar-refractivity contribution in [2.75, 3.05) is 31.1 Å². The second-order valence-electron chi connectivity index (χ2n) is 7.50. The molecule has 1 aliphatic heterocycles. The molecule has 32 heavy (non-hydrogen) atoms. The van der Waals surface area contributed by atoms with E-state index in [9.17, 15) is 20.2 Å². The van der Waals surface area contributed by atoms with Crippen molar-refractivity contribution in [2.24, 2.45) is 0 Å². The number of amides is 1. The molecule has 1 saturated heterocycles. The number of carbonyl (C=O) groups excluding carboxylic acids is 1. The van der Waals surface area contributed by atoms with Gasteiger partial charge in [-0.25, -0.2) is 0 Å². The van der Waals surface area contributed by atoms with E-state index < -0.39 is 4.92 Å². The molecule has 0 unspecified atom stereocenters. The van der Waals surface area contributed by atoms with Gasteiger partial charge in [-0.05, 0) is 42.8 Å². The molecule has 0 aliphatic carbocycles. The third-order valence-corrected chi connectivity index (χ3v) is 6.11. The number of aromatic nitrogens is 1. The molecular formula is C23H20ClN5O3. The van der Waals surface area contributed by atoms with Gasteiger partial charge in [0.1, 0.15) is 11.8 Å². The average Bonchev–Trinajstić information content (AvgIpc) is 3.24. The Bertz CT molecular complexity index is 1220. The topological polar surface area (TPSA) is 95.4 Å². The smallest absolute Gasteiger partial charge is 0.272 e. The standard InChI is InChI=1S/C23H20ClN5O3/c1-16-20(24)3-2-4-21(16)28-10-9-17(15-25)22(28)23(30)27-13-11-26(12-14-27)18-5-7-19(8-6-18)29(31)32/h2-10H,11-14H2,1H3. The summed E-state index contributed by atoms with van der Waals surface area (Å²) >= 11 is 6.27. The molecule has 1 aliphatic rings. The van der Waals surface area contributed by atoms with Crippen molar-refractivity contribution in [1.82, 2.24) is 9.47 Å². The molecule has 3 aromatic rings. The Morgan fingerprint density at radius 1 is 1.09 bits per heavy atom. The molecule has 2 heterocycles. The van der Waals surface area contributed by atoms with E-state index in [0.717, 1.165) is 16.9 Å². The number of piperazine rings is 1. The fourth-order valence-corrected chi connectivity index (χ4v) is 4.07. The summed E-state index contributed by atoms with van der Waals surface area (Å²) < 4.78 is 1.73. The lowest BCUT2D eigenvalue weighted by molar-refractivity contribution is -0.384. The van der Waals surface area contributed by atoms with Gasteiger partial charge < -0.3 is 14.4 Å². The largest absolute Gasteiger partial charge is 0.368 e. The second-order valence-corrected chi connectivity index (χ2v) is 7.90. The summed E-state index contributed by atoms with van der Waals surface area (Å²) in [5, 5.41) is 21.0. The minimum Gasteiger partial charge on any atom is -0.368 e. The van der Waals surface area contributed by atoms with Crippen LogP contribution in [0.4, 0.5) is 11.4 Å². The van der Waals surface area contributed by atoms with Gasteiger partial charge in [0.25, 0.3) is 11.6 Å². The van der Waals surface area contributed by atoms with Gasteiger partial charge in [-0.3, -0.25) is 14.9 Å². The highest BCUT2D eigenvalue weighted by Gasteiger charge is 2.27. The van der Waals surface area contributed by atoms with Crippen LogP contribution in [0.2, 0.25) is 5.02 Å². The Morgan fingerprint density at radius 2 is 1.78 bits per heavy atom. The lowest BCUT2D eigenvalue weighted by Gasteiger charge is -2.36. The Balaban J connectivity index is 1.55. The summed E-state index contributed by atoms with van der Waals surface area (Å²) in [4.78, 5) is 27.7. The molecule has 0 radical (unpaired) electrons. The van der Waals surface area contributed by atoms with Crippen LogP contribution in [0.15, 0.2) is 54.7 Å². The molecule has 0 bridgehead atoms. The summed E-state index contributed by atoms with van der Waals surface area (Å²) in [6, 6.07) is 15.6. The van der Waals surface area contributed by atoms with Gasteiger partial charge in [-0.15, -0.1) is 0 Å². The molecule has 9 heteroatoms. The SMILES string of the molecule is Cc1c(Cl)cccc1-n1ccc(C#N)c1C(=O)N1CCN(c2ccc([N+](=O)[O-])cc2)CC1. The number of nitriles is 1. The van der Waals surface area contributed by atoms with E-state index in [2.05, 4.69) is 11.0 Å². The predicted octanol–water partition coefficient (Wildman–Crippen LogP) is 4.18. The van der Waals surface area contributed by atoms with E-state index in [-0.39, 0.29) is 11.6 Å². The first-order valence-corrected chi connectivity index (χ1v) is 10.4. The lowest BCUT2D eigenvalue weighted by atomic mass is 10.1. The van der Waals surface area contributed by atoms with Crippen molar-refractivity contribution in [1.29, 1.82) is 5.26 Å². The number of carbonyl (C=O) groups is 1. The number of hydrogen-bond donors (Lipinski definition) is 0. The van der Waals surface area contributed by atoms with Crippen LogP contribution in [0.25, 0.3) is 5.69 Å². The number of benzene rings is 2. The highest BCUT2D eigenvalue weighted by atomic mass is 35.5. The van der Waals surface area contributed by atoms with E-state index in [0.29, 0.717) is 42.5 Å². The van der Waals surface area contributed by atoms with Crippen molar-refractivity contribution >= 4 is 28.9 Å². The molecule has 1 fully saturated rings. The van der Waals surface area contributed by atoms with Gasteiger partial charge in [-0.1, -0.05) is 17.7 Å². The number of non-ortho nitro benzene ring substituents is 1. The molecular weight excluding hydrogens is 430 g/mol. The van der Waals surface area contributed by atoms with E-state index >= 15 is 0 Å². The quantitative estimate of drug-likeness (QED) is 0.439. The van der Waals surface area contributed by atoms with Crippen molar-refractivity contribution in [3.63, 3.8) is 0 Å². The zero-order chi connectivity index (χ0) is 22.8. The van der Waals surface area contributed by atoms with Crippen LogP contribution in [0.5, 0.6) is 0 Å². The number of halogens is 1. The summed E-state index contributed by atoms with van der Waals surface area (Å²) in [6.07, 6.45) is 1.72. The number of nitro groups is 1. The Kier molecular flexibility index (Phi) is 5.84. The molecule has 0 spiro atoms. The van der Waals surface area contributed by atoms with E-state index in [4.69, 9.17) is 11.6 Å². The summed E-state index contributed by atoms with van der Waals surface area (Å²) in [5.41, 5.74) is 3.13. The third kappa shape index (κ3) is 3.90. The number of hydrogen-bond acceptors (Lipinski definition) is 5. The molecule has 2 aromatic carbocycles. The molecule has 162 valence electrons. The van der Waals surface area contributed by atoms with Crippen LogP contribution in [-0.4, -0.2) is 46.5 Å². The van der Waals surface area contributed by atoms with Crippen LogP contribution in [-0.2, 0) is 0 Å². The van der Waals surface area contributed by atoms with Gasteiger partial charge in [0.05, 0.1) is 16.2 Å². The van der Waals surface area contributed by atoms with E-state index in [1.54, 1.807) is 39.9 Å². The summed E-state index contributed by atoms with van der Waals surface area (Å²) in [7, 11) is 0. The van der Waals surface area contributed by atoms with Crippen LogP contribution in [0, 0.1) is 28.4 Å². The van der Waals surface area contributed by atoms with E-state index in [1.165, 1.54) is 12.1 Å². The van der Waals surface area contributed by atoms with Gasteiger partial charge in [0.15, 0.2) is 0 Å². The normalized spacial score (nSPS) is 13.7. The minimum atomic E-state index is -0.427.